The average molecular weight is 528 g/mol. The molecular formula is C22H21Cl3N4O3S. The topological polar surface area (TPSA) is 69.5 Å². The first-order valence-electron chi connectivity index (χ1n) is 9.76. The summed E-state index contributed by atoms with van der Waals surface area (Å²) in [5.41, 5.74) is 0.977. The Morgan fingerprint density at radius 3 is 2.61 bits per heavy atom. The van der Waals surface area contributed by atoms with Gasteiger partial charge in [-0.1, -0.05) is 34.5 Å². The van der Waals surface area contributed by atoms with Crippen molar-refractivity contribution in [2.24, 2.45) is 0 Å². The summed E-state index contributed by atoms with van der Waals surface area (Å²) in [6.07, 6.45) is 6.04. The number of rotatable bonds is 8. The molecule has 0 aliphatic heterocycles. The van der Waals surface area contributed by atoms with Crippen LogP contribution in [-0.4, -0.2) is 41.2 Å². The number of fused-ring (bicyclic) bond motifs is 1. The normalized spacial score (nSPS) is 10.7. The van der Waals surface area contributed by atoms with E-state index in [0.717, 1.165) is 4.70 Å². The van der Waals surface area contributed by atoms with Gasteiger partial charge >= 0.3 is 0 Å². The number of methoxy groups -OCH3 is 2. The molecule has 4 rings (SSSR count). The van der Waals surface area contributed by atoms with E-state index >= 15 is 0 Å². The second kappa shape index (κ2) is 11.1. The Kier molecular flexibility index (Phi) is 8.42. The van der Waals surface area contributed by atoms with E-state index in [9.17, 15) is 4.79 Å². The summed E-state index contributed by atoms with van der Waals surface area (Å²) in [6, 6.07) is 8.49. The van der Waals surface area contributed by atoms with Crippen LogP contribution in [0.4, 0.5) is 5.13 Å². The highest BCUT2D eigenvalue weighted by Crippen LogP contribution is 2.39. The van der Waals surface area contributed by atoms with Gasteiger partial charge in [-0.05, 0) is 36.8 Å². The number of imidazole rings is 1. The van der Waals surface area contributed by atoms with Crippen molar-refractivity contribution >= 4 is 68.2 Å². The van der Waals surface area contributed by atoms with Crippen molar-refractivity contribution in [1.82, 2.24) is 14.5 Å². The summed E-state index contributed by atoms with van der Waals surface area (Å²) in [5, 5.41) is 1.52. The van der Waals surface area contributed by atoms with Crippen LogP contribution < -0.4 is 14.4 Å². The summed E-state index contributed by atoms with van der Waals surface area (Å²) in [4.78, 5) is 24.1. The molecule has 2 aromatic heterocycles. The van der Waals surface area contributed by atoms with Crippen LogP contribution >= 0.6 is 46.9 Å². The van der Waals surface area contributed by atoms with Crippen LogP contribution in [0.3, 0.4) is 0 Å². The Morgan fingerprint density at radius 2 is 1.91 bits per heavy atom. The second-order valence-corrected chi connectivity index (χ2v) is 8.70. The summed E-state index contributed by atoms with van der Waals surface area (Å²) >= 11 is 13.9. The lowest BCUT2D eigenvalue weighted by Crippen LogP contribution is -2.32. The summed E-state index contributed by atoms with van der Waals surface area (Å²) < 4.78 is 13.6. The largest absolute Gasteiger partial charge is 0.496 e. The number of hydrogen-bond acceptors (Lipinski definition) is 6. The first kappa shape index (κ1) is 25.1. The summed E-state index contributed by atoms with van der Waals surface area (Å²) in [5.74, 6) is 0.776. The fourth-order valence-corrected chi connectivity index (χ4v) is 4.78. The minimum atomic E-state index is -0.260. The van der Waals surface area contributed by atoms with E-state index in [4.69, 9.17) is 37.7 Å². The summed E-state index contributed by atoms with van der Waals surface area (Å²) in [6.45, 7) is 1.12. The van der Waals surface area contributed by atoms with Crippen molar-refractivity contribution in [3.8, 4) is 11.5 Å². The molecule has 11 heteroatoms. The maximum Gasteiger partial charge on any atom is 0.263 e. The highest BCUT2D eigenvalue weighted by Gasteiger charge is 2.25. The fraction of sp³-hybridized carbons (Fsp3) is 0.227. The minimum absolute atomic E-state index is 0. The monoisotopic (exact) mass is 526 g/mol. The molecule has 1 amide bonds. The van der Waals surface area contributed by atoms with Gasteiger partial charge in [-0.15, -0.1) is 12.4 Å². The molecular weight excluding hydrogens is 507 g/mol. The molecule has 2 aromatic carbocycles. The molecule has 4 aromatic rings. The van der Waals surface area contributed by atoms with Crippen LogP contribution in [0.25, 0.3) is 10.2 Å². The first-order chi connectivity index (χ1) is 15.5. The number of anilines is 1. The van der Waals surface area contributed by atoms with Gasteiger partial charge in [0, 0.05) is 30.5 Å². The van der Waals surface area contributed by atoms with E-state index in [1.165, 1.54) is 18.4 Å². The van der Waals surface area contributed by atoms with Crippen LogP contribution in [0.1, 0.15) is 16.8 Å². The number of amides is 1. The van der Waals surface area contributed by atoms with Crippen LogP contribution in [0.15, 0.2) is 49.1 Å². The van der Waals surface area contributed by atoms with Crippen LogP contribution in [-0.2, 0) is 6.54 Å². The molecule has 33 heavy (non-hydrogen) atoms. The lowest BCUT2D eigenvalue weighted by molar-refractivity contribution is 0.0983. The Hall–Kier alpha value is -2.52. The van der Waals surface area contributed by atoms with Gasteiger partial charge in [-0.2, -0.15) is 0 Å². The Bertz CT molecular complexity index is 1250. The number of carbonyl (C=O) groups is 1. The lowest BCUT2D eigenvalue weighted by atomic mass is 10.1. The number of nitrogens with zero attached hydrogens (tertiary/aromatic N) is 4. The predicted molar refractivity (Wildman–Crippen MR) is 135 cm³/mol. The highest BCUT2D eigenvalue weighted by molar-refractivity contribution is 7.23. The molecule has 0 bridgehead atoms. The van der Waals surface area contributed by atoms with E-state index in [2.05, 4.69) is 4.98 Å². The molecule has 2 heterocycles. The molecule has 0 aliphatic carbocycles. The number of hydrogen-bond donors (Lipinski definition) is 0. The van der Waals surface area contributed by atoms with E-state index in [0.29, 0.717) is 57.3 Å². The van der Waals surface area contributed by atoms with Crippen molar-refractivity contribution in [2.45, 2.75) is 13.0 Å². The summed E-state index contributed by atoms with van der Waals surface area (Å²) in [7, 11) is 3.10. The van der Waals surface area contributed by atoms with Gasteiger partial charge in [-0.25, -0.2) is 9.97 Å². The molecule has 0 N–H and O–H groups in total. The average Bonchev–Trinajstić information content (AvgIpc) is 3.47. The van der Waals surface area contributed by atoms with Crippen LogP contribution in [0.5, 0.6) is 11.5 Å². The van der Waals surface area contributed by atoms with E-state index in [1.807, 2.05) is 10.8 Å². The second-order valence-electron chi connectivity index (χ2n) is 6.88. The van der Waals surface area contributed by atoms with Gasteiger partial charge in [0.15, 0.2) is 5.13 Å². The van der Waals surface area contributed by atoms with Crippen LogP contribution in [0.2, 0.25) is 10.0 Å². The van der Waals surface area contributed by atoms with E-state index in [1.54, 1.807) is 54.9 Å². The molecule has 0 unspecified atom stereocenters. The van der Waals surface area contributed by atoms with E-state index < -0.39 is 0 Å². The van der Waals surface area contributed by atoms with Crippen molar-refractivity contribution in [3.63, 3.8) is 0 Å². The maximum atomic E-state index is 13.7. The Morgan fingerprint density at radius 1 is 1.15 bits per heavy atom. The van der Waals surface area contributed by atoms with Crippen LogP contribution in [0, 0.1) is 0 Å². The quantitative estimate of drug-likeness (QED) is 0.282. The van der Waals surface area contributed by atoms with Gasteiger partial charge < -0.3 is 14.0 Å². The third-order valence-corrected chi connectivity index (χ3v) is 6.67. The maximum absolute atomic E-state index is 13.7. The van der Waals surface area contributed by atoms with Crippen molar-refractivity contribution < 1.29 is 14.3 Å². The molecule has 174 valence electrons. The van der Waals surface area contributed by atoms with Crippen molar-refractivity contribution in [3.05, 3.63) is 64.7 Å². The lowest BCUT2D eigenvalue weighted by Gasteiger charge is -2.21. The molecule has 0 aliphatic rings. The zero-order valence-corrected chi connectivity index (χ0v) is 21.0. The molecule has 0 spiro atoms. The highest BCUT2D eigenvalue weighted by atomic mass is 35.5. The van der Waals surface area contributed by atoms with Gasteiger partial charge in [0.2, 0.25) is 0 Å². The third-order valence-electron chi connectivity index (χ3n) is 4.89. The van der Waals surface area contributed by atoms with Crippen molar-refractivity contribution in [1.29, 1.82) is 0 Å². The molecule has 0 radical (unpaired) electrons. The predicted octanol–water partition coefficient (Wildman–Crippen LogP) is 5.98. The number of halogens is 3. The first-order valence-corrected chi connectivity index (χ1v) is 11.3. The van der Waals surface area contributed by atoms with Gasteiger partial charge in [0.25, 0.3) is 5.91 Å². The van der Waals surface area contributed by atoms with Gasteiger partial charge in [0.05, 0.1) is 35.8 Å². The number of aryl methyl sites for hydroxylation is 1. The molecule has 0 saturated heterocycles. The molecule has 0 atom stereocenters. The number of carbonyl (C=O) groups excluding carboxylic acids is 1. The number of thiazole rings is 1. The Labute approximate surface area is 211 Å². The van der Waals surface area contributed by atoms with Gasteiger partial charge in [-0.3, -0.25) is 9.69 Å². The minimum Gasteiger partial charge on any atom is -0.496 e. The third kappa shape index (κ3) is 5.35. The standard InChI is InChI=1S/C22H20Cl2N4O3S.ClH/c1-30-17-6-4-14(23)12-15(17)21(29)28(10-3-9-27-11-8-25-13-27)22-26-19-18(31-2)7-5-16(24)20(19)32-22;/h4-8,11-13H,3,9-10H2,1-2H3;1H. The molecule has 0 fully saturated rings. The number of ether oxygens (including phenoxy) is 2. The number of aromatic nitrogens is 3. The Balaban J connectivity index is 0.00000306. The zero-order valence-electron chi connectivity index (χ0n) is 17.8. The van der Waals surface area contributed by atoms with Crippen molar-refractivity contribution in [2.75, 3.05) is 25.7 Å². The van der Waals surface area contributed by atoms with E-state index in [-0.39, 0.29) is 18.3 Å². The SMILES string of the molecule is COc1ccc(Cl)cc1C(=O)N(CCCn1ccnc1)c1nc2c(OC)ccc(Cl)c2s1.Cl. The fourth-order valence-electron chi connectivity index (χ4n) is 3.33. The smallest absolute Gasteiger partial charge is 0.263 e. The zero-order chi connectivity index (χ0) is 22.7. The van der Waals surface area contributed by atoms with Gasteiger partial charge in [0.1, 0.15) is 17.0 Å². The molecule has 7 nitrogen and oxygen atoms in total. The molecule has 0 saturated carbocycles. The number of benzene rings is 2.